The van der Waals surface area contributed by atoms with Crippen molar-refractivity contribution in [3.63, 3.8) is 0 Å². The van der Waals surface area contributed by atoms with E-state index in [4.69, 9.17) is 11.6 Å². The zero-order chi connectivity index (χ0) is 12.3. The fourth-order valence-corrected chi connectivity index (χ4v) is 4.57. The fourth-order valence-electron chi connectivity index (χ4n) is 1.07. The van der Waals surface area contributed by atoms with Gasteiger partial charge in [0.05, 0.1) is 3.79 Å². The van der Waals surface area contributed by atoms with Crippen molar-refractivity contribution in [2.75, 3.05) is 13.6 Å². The average molecular weight is 347 g/mol. The lowest BCUT2D eigenvalue weighted by Crippen LogP contribution is -2.28. The Morgan fingerprint density at radius 1 is 1.56 bits per heavy atom. The molecular weight excluding hydrogens is 334 g/mol. The van der Waals surface area contributed by atoms with Crippen molar-refractivity contribution in [2.45, 2.75) is 22.9 Å². The molecule has 0 radical (unpaired) electrons. The number of alkyl halides is 1. The molecule has 7 heteroatoms. The Hall–Kier alpha value is 0.380. The third-order valence-corrected chi connectivity index (χ3v) is 6.22. The van der Waals surface area contributed by atoms with Gasteiger partial charge in [-0.2, -0.15) is 0 Å². The van der Waals surface area contributed by atoms with Gasteiger partial charge in [-0.15, -0.1) is 22.9 Å². The minimum Gasteiger partial charge on any atom is -0.206 e. The minimum atomic E-state index is -3.35. The number of sulfonamides is 1. The van der Waals surface area contributed by atoms with Crippen LogP contribution in [0.1, 0.15) is 13.3 Å². The lowest BCUT2D eigenvalue weighted by molar-refractivity contribution is 0.462. The number of hydrogen-bond donors (Lipinski definition) is 0. The smallest absolute Gasteiger partial charge is 0.206 e. The molecular formula is C9H13BrClNO2S2. The molecule has 0 saturated carbocycles. The zero-order valence-corrected chi connectivity index (χ0v) is 13.0. The van der Waals surface area contributed by atoms with E-state index in [9.17, 15) is 8.42 Å². The van der Waals surface area contributed by atoms with Crippen LogP contribution in [0, 0.1) is 0 Å². The quantitative estimate of drug-likeness (QED) is 0.768. The molecule has 0 spiro atoms. The molecule has 0 aliphatic carbocycles. The lowest BCUT2D eigenvalue weighted by atomic mass is 10.3. The first-order chi connectivity index (χ1) is 7.34. The van der Waals surface area contributed by atoms with Crippen LogP contribution in [0.5, 0.6) is 0 Å². The number of halogens is 2. The Morgan fingerprint density at radius 3 is 2.62 bits per heavy atom. The molecule has 1 atom stereocenters. The van der Waals surface area contributed by atoms with Crippen molar-refractivity contribution in [2.24, 2.45) is 0 Å². The highest BCUT2D eigenvalue weighted by molar-refractivity contribution is 9.11. The van der Waals surface area contributed by atoms with Crippen LogP contribution in [0.2, 0.25) is 0 Å². The van der Waals surface area contributed by atoms with E-state index >= 15 is 0 Å². The first-order valence-electron chi connectivity index (χ1n) is 4.70. The van der Waals surface area contributed by atoms with E-state index in [0.717, 1.165) is 3.79 Å². The van der Waals surface area contributed by atoms with Crippen LogP contribution in [0.3, 0.4) is 0 Å². The molecule has 0 bridgehead atoms. The highest BCUT2D eigenvalue weighted by Crippen LogP contribution is 2.28. The van der Waals surface area contributed by atoms with Crippen LogP contribution >= 0.6 is 38.9 Å². The minimum absolute atomic E-state index is 0.0206. The van der Waals surface area contributed by atoms with Gasteiger partial charge in [-0.25, -0.2) is 12.7 Å². The van der Waals surface area contributed by atoms with Crippen LogP contribution in [0.15, 0.2) is 20.1 Å². The predicted octanol–water partition coefficient (Wildman–Crippen LogP) is 3.15. The van der Waals surface area contributed by atoms with Gasteiger partial charge in [-0.3, -0.25) is 0 Å². The first kappa shape index (κ1) is 14.4. The Kier molecular flexibility index (Phi) is 5.25. The molecule has 0 N–H and O–H groups in total. The molecule has 1 unspecified atom stereocenters. The monoisotopic (exact) mass is 345 g/mol. The van der Waals surface area contributed by atoms with Crippen molar-refractivity contribution in [1.82, 2.24) is 4.31 Å². The molecule has 0 saturated heterocycles. The van der Waals surface area contributed by atoms with Gasteiger partial charge in [0.2, 0.25) is 0 Å². The Labute approximate surface area is 114 Å². The van der Waals surface area contributed by atoms with Crippen molar-refractivity contribution in [1.29, 1.82) is 0 Å². The third-order valence-electron chi connectivity index (χ3n) is 2.05. The van der Waals surface area contributed by atoms with Gasteiger partial charge in [0.15, 0.2) is 0 Å². The van der Waals surface area contributed by atoms with Crippen molar-refractivity contribution in [3.05, 3.63) is 15.9 Å². The SMILES string of the molecule is CC(Cl)CCN(C)S(=O)(=O)c1ccc(Br)s1. The van der Waals surface area contributed by atoms with Gasteiger partial charge < -0.3 is 0 Å². The maximum Gasteiger partial charge on any atom is 0.252 e. The number of nitrogens with zero attached hydrogens (tertiary/aromatic N) is 1. The van der Waals surface area contributed by atoms with E-state index in [0.29, 0.717) is 17.2 Å². The second-order valence-electron chi connectivity index (χ2n) is 3.45. The zero-order valence-electron chi connectivity index (χ0n) is 8.98. The molecule has 1 rings (SSSR count). The van der Waals surface area contributed by atoms with E-state index in [1.54, 1.807) is 19.2 Å². The molecule has 0 fully saturated rings. The number of thiophene rings is 1. The highest BCUT2D eigenvalue weighted by atomic mass is 79.9. The van der Waals surface area contributed by atoms with E-state index in [1.807, 2.05) is 6.92 Å². The Bertz CT molecular complexity index is 444. The molecule has 1 heterocycles. The molecule has 3 nitrogen and oxygen atoms in total. The normalized spacial score (nSPS) is 14.3. The molecule has 0 aliphatic heterocycles. The summed E-state index contributed by atoms with van der Waals surface area (Å²) >= 11 is 10.3. The summed E-state index contributed by atoms with van der Waals surface area (Å²) in [6, 6.07) is 3.33. The van der Waals surface area contributed by atoms with E-state index in [-0.39, 0.29) is 5.38 Å². The van der Waals surface area contributed by atoms with Crippen molar-refractivity contribution < 1.29 is 8.42 Å². The van der Waals surface area contributed by atoms with Crippen molar-refractivity contribution >= 4 is 48.9 Å². The summed E-state index contributed by atoms with van der Waals surface area (Å²) in [5.41, 5.74) is 0. The highest BCUT2D eigenvalue weighted by Gasteiger charge is 2.22. The van der Waals surface area contributed by atoms with Crippen LogP contribution in [-0.2, 0) is 10.0 Å². The molecule has 92 valence electrons. The summed E-state index contributed by atoms with van der Waals surface area (Å²) in [5, 5.41) is -0.0206. The first-order valence-corrected chi connectivity index (χ1v) is 8.18. The molecule has 16 heavy (non-hydrogen) atoms. The summed E-state index contributed by atoms with van der Waals surface area (Å²) < 4.78 is 26.6. The van der Waals surface area contributed by atoms with Crippen LogP contribution in [0.25, 0.3) is 0 Å². The second-order valence-corrected chi connectivity index (χ2v) is 8.93. The third kappa shape index (κ3) is 3.70. The Morgan fingerprint density at radius 2 is 2.19 bits per heavy atom. The Balaban J connectivity index is 2.78. The second kappa shape index (κ2) is 5.82. The van der Waals surface area contributed by atoms with Gasteiger partial charge in [0.1, 0.15) is 4.21 Å². The van der Waals surface area contributed by atoms with Gasteiger partial charge in [0.25, 0.3) is 10.0 Å². The summed E-state index contributed by atoms with van der Waals surface area (Å²) in [6.07, 6.45) is 0.643. The van der Waals surface area contributed by atoms with Crippen LogP contribution < -0.4 is 0 Å². The van der Waals surface area contributed by atoms with E-state index in [1.165, 1.54) is 15.6 Å². The maximum absolute atomic E-state index is 12.0. The molecule has 1 aromatic rings. The van der Waals surface area contributed by atoms with Gasteiger partial charge in [0, 0.05) is 19.0 Å². The van der Waals surface area contributed by atoms with E-state index in [2.05, 4.69) is 15.9 Å². The summed E-state index contributed by atoms with van der Waals surface area (Å²) in [7, 11) is -1.78. The average Bonchev–Trinajstić information content (AvgIpc) is 2.61. The summed E-state index contributed by atoms with van der Waals surface area (Å²) in [6.45, 7) is 2.28. The summed E-state index contributed by atoms with van der Waals surface area (Å²) in [5.74, 6) is 0. The van der Waals surface area contributed by atoms with Crippen LogP contribution in [-0.4, -0.2) is 31.7 Å². The summed E-state index contributed by atoms with van der Waals surface area (Å²) in [4.78, 5) is 0. The number of hydrogen-bond acceptors (Lipinski definition) is 3. The number of rotatable bonds is 5. The topological polar surface area (TPSA) is 37.4 Å². The standard InChI is InChI=1S/C9H13BrClNO2S2/c1-7(11)5-6-12(2)16(13,14)9-4-3-8(10)15-9/h3-4,7H,5-6H2,1-2H3. The van der Waals surface area contributed by atoms with Gasteiger partial charge in [-0.1, -0.05) is 0 Å². The fraction of sp³-hybridized carbons (Fsp3) is 0.556. The van der Waals surface area contributed by atoms with Crippen molar-refractivity contribution in [3.8, 4) is 0 Å². The largest absolute Gasteiger partial charge is 0.252 e. The molecule has 0 aromatic carbocycles. The molecule has 1 aromatic heterocycles. The maximum atomic E-state index is 12.0. The predicted molar refractivity (Wildman–Crippen MR) is 71.8 cm³/mol. The molecule has 0 aliphatic rings. The van der Waals surface area contributed by atoms with Crippen LogP contribution in [0.4, 0.5) is 0 Å². The van der Waals surface area contributed by atoms with Gasteiger partial charge >= 0.3 is 0 Å². The van der Waals surface area contributed by atoms with Gasteiger partial charge in [-0.05, 0) is 41.4 Å². The molecule has 0 amide bonds. The lowest BCUT2D eigenvalue weighted by Gasteiger charge is -2.16. The van der Waals surface area contributed by atoms with E-state index < -0.39 is 10.0 Å².